The lowest BCUT2D eigenvalue weighted by molar-refractivity contribution is 0.424. The van der Waals surface area contributed by atoms with Gasteiger partial charge in [-0.15, -0.1) is 0 Å². The van der Waals surface area contributed by atoms with Crippen LogP contribution in [-0.2, 0) is 0 Å². The van der Waals surface area contributed by atoms with Gasteiger partial charge in [-0.2, -0.15) is 0 Å². The van der Waals surface area contributed by atoms with Gasteiger partial charge in [0.15, 0.2) is 0 Å². The molecule has 2 atom stereocenters. The number of rotatable bonds is 7. The molecule has 0 amide bonds. The van der Waals surface area contributed by atoms with E-state index in [1.165, 1.54) is 24.8 Å². The summed E-state index contributed by atoms with van der Waals surface area (Å²) >= 11 is 3.47. The van der Waals surface area contributed by atoms with E-state index in [4.69, 9.17) is 0 Å². The van der Waals surface area contributed by atoms with Crippen molar-refractivity contribution in [3.63, 3.8) is 0 Å². The molecule has 0 aliphatic carbocycles. The molecule has 0 aliphatic rings. The normalized spacial score (nSPS) is 14.8. The molecule has 0 heterocycles. The Hall–Kier alpha value is -0.340. The van der Waals surface area contributed by atoms with Crippen molar-refractivity contribution in [3.05, 3.63) is 34.3 Å². The van der Waals surface area contributed by atoms with Crippen LogP contribution in [0.3, 0.4) is 0 Å². The highest BCUT2D eigenvalue weighted by Crippen LogP contribution is 2.18. The molecule has 0 fully saturated rings. The van der Waals surface area contributed by atoms with E-state index < -0.39 is 0 Å². The fourth-order valence-corrected chi connectivity index (χ4v) is 2.45. The van der Waals surface area contributed by atoms with E-state index in [1.807, 2.05) is 0 Å². The third-order valence-corrected chi connectivity index (χ3v) is 3.85. The van der Waals surface area contributed by atoms with E-state index in [1.54, 1.807) is 0 Å². The number of halogens is 1. The quantitative estimate of drug-likeness (QED) is 0.719. The van der Waals surface area contributed by atoms with Crippen LogP contribution in [0.15, 0.2) is 28.7 Å². The number of benzene rings is 1. The highest BCUT2D eigenvalue weighted by Gasteiger charge is 2.09. The Kier molecular flexibility index (Phi) is 6.95. The molecule has 2 heteroatoms. The summed E-state index contributed by atoms with van der Waals surface area (Å²) in [5, 5.41) is 3.67. The third kappa shape index (κ3) is 6.01. The molecule has 2 unspecified atom stereocenters. The van der Waals surface area contributed by atoms with Crippen LogP contribution < -0.4 is 5.32 Å². The van der Waals surface area contributed by atoms with Crippen molar-refractivity contribution in [2.45, 2.75) is 59.0 Å². The zero-order valence-electron chi connectivity index (χ0n) is 12.0. The average Bonchev–Trinajstić information content (AvgIpc) is 2.29. The Balaban J connectivity index is 2.34. The van der Waals surface area contributed by atoms with Gasteiger partial charge in [0.05, 0.1) is 0 Å². The van der Waals surface area contributed by atoms with E-state index in [2.05, 4.69) is 73.2 Å². The molecule has 0 radical (unpaired) electrons. The van der Waals surface area contributed by atoms with Crippen molar-refractivity contribution in [1.82, 2.24) is 5.32 Å². The first-order valence-corrected chi connectivity index (χ1v) is 7.80. The van der Waals surface area contributed by atoms with E-state index >= 15 is 0 Å². The van der Waals surface area contributed by atoms with Crippen LogP contribution in [0, 0.1) is 5.92 Å². The van der Waals surface area contributed by atoms with E-state index in [-0.39, 0.29) is 0 Å². The maximum atomic E-state index is 3.67. The van der Waals surface area contributed by atoms with Crippen molar-refractivity contribution in [2.24, 2.45) is 5.92 Å². The minimum atomic E-state index is 0.423. The van der Waals surface area contributed by atoms with E-state index in [0.29, 0.717) is 12.1 Å². The highest BCUT2D eigenvalue weighted by atomic mass is 79.9. The second-order valence-electron chi connectivity index (χ2n) is 5.67. The lowest BCUT2D eigenvalue weighted by Gasteiger charge is -2.20. The molecule has 0 saturated carbocycles. The van der Waals surface area contributed by atoms with Gasteiger partial charge in [0.2, 0.25) is 0 Å². The molecule has 0 bridgehead atoms. The minimum absolute atomic E-state index is 0.423. The zero-order valence-corrected chi connectivity index (χ0v) is 13.6. The average molecular weight is 312 g/mol. The Labute approximate surface area is 120 Å². The summed E-state index contributed by atoms with van der Waals surface area (Å²) in [4.78, 5) is 0. The Morgan fingerprint density at radius 2 is 1.61 bits per heavy atom. The molecule has 18 heavy (non-hydrogen) atoms. The summed E-state index contributed by atoms with van der Waals surface area (Å²) < 4.78 is 1.14. The van der Waals surface area contributed by atoms with Crippen molar-refractivity contribution in [3.8, 4) is 0 Å². The smallest absolute Gasteiger partial charge is 0.0294 e. The van der Waals surface area contributed by atoms with Gasteiger partial charge in [-0.25, -0.2) is 0 Å². The van der Waals surface area contributed by atoms with Gasteiger partial charge in [0.1, 0.15) is 0 Å². The Morgan fingerprint density at radius 3 is 2.17 bits per heavy atom. The number of hydrogen-bond donors (Lipinski definition) is 1. The van der Waals surface area contributed by atoms with Crippen molar-refractivity contribution >= 4 is 15.9 Å². The van der Waals surface area contributed by atoms with Crippen LogP contribution in [0.25, 0.3) is 0 Å². The molecule has 1 aromatic carbocycles. The van der Waals surface area contributed by atoms with Crippen molar-refractivity contribution < 1.29 is 0 Å². The third-order valence-electron chi connectivity index (χ3n) is 3.32. The lowest BCUT2D eigenvalue weighted by atomic mass is 10.0. The topological polar surface area (TPSA) is 12.0 Å². The van der Waals surface area contributed by atoms with Crippen LogP contribution in [0.5, 0.6) is 0 Å². The summed E-state index contributed by atoms with van der Waals surface area (Å²) in [5.41, 5.74) is 1.36. The summed E-state index contributed by atoms with van der Waals surface area (Å²) in [6, 6.07) is 9.59. The first-order valence-electron chi connectivity index (χ1n) is 7.00. The molecular weight excluding hydrogens is 286 g/mol. The van der Waals surface area contributed by atoms with Crippen LogP contribution in [-0.4, -0.2) is 6.04 Å². The van der Waals surface area contributed by atoms with E-state index in [9.17, 15) is 0 Å². The van der Waals surface area contributed by atoms with Crippen LogP contribution >= 0.6 is 15.9 Å². The molecule has 0 saturated heterocycles. The standard InChI is InChI=1S/C16H26BrN/c1-12(2)6-5-7-13(3)18-14(4)15-8-10-16(17)11-9-15/h8-14,18H,5-7H2,1-4H3. The first-order chi connectivity index (χ1) is 8.49. The van der Waals surface area contributed by atoms with Gasteiger partial charge < -0.3 is 5.32 Å². The molecule has 1 N–H and O–H groups in total. The van der Waals surface area contributed by atoms with Crippen molar-refractivity contribution in [1.29, 1.82) is 0 Å². The van der Waals surface area contributed by atoms with Gasteiger partial charge in [-0.05, 0) is 43.9 Å². The lowest BCUT2D eigenvalue weighted by Crippen LogP contribution is -2.28. The number of nitrogens with one attached hydrogen (secondary N) is 1. The fourth-order valence-electron chi connectivity index (χ4n) is 2.19. The van der Waals surface area contributed by atoms with Gasteiger partial charge in [0, 0.05) is 16.6 Å². The molecule has 0 aromatic heterocycles. The summed E-state index contributed by atoms with van der Waals surface area (Å²) in [6.07, 6.45) is 3.91. The first kappa shape index (κ1) is 15.7. The molecule has 0 spiro atoms. The molecule has 1 nitrogen and oxygen atoms in total. The fraction of sp³-hybridized carbons (Fsp3) is 0.625. The summed E-state index contributed by atoms with van der Waals surface area (Å²) in [7, 11) is 0. The van der Waals surface area contributed by atoms with Gasteiger partial charge in [0.25, 0.3) is 0 Å². The predicted molar refractivity (Wildman–Crippen MR) is 83.8 cm³/mol. The highest BCUT2D eigenvalue weighted by molar-refractivity contribution is 9.10. The second-order valence-corrected chi connectivity index (χ2v) is 6.58. The Bertz CT molecular complexity index is 331. The van der Waals surface area contributed by atoms with Gasteiger partial charge >= 0.3 is 0 Å². The molecule has 0 aliphatic heterocycles. The molecule has 1 rings (SSSR count). The largest absolute Gasteiger partial charge is 0.308 e. The van der Waals surface area contributed by atoms with Gasteiger partial charge in [-0.1, -0.05) is 54.8 Å². The van der Waals surface area contributed by atoms with E-state index in [0.717, 1.165) is 10.4 Å². The monoisotopic (exact) mass is 311 g/mol. The van der Waals surface area contributed by atoms with Gasteiger partial charge in [-0.3, -0.25) is 0 Å². The zero-order chi connectivity index (χ0) is 13.5. The second kappa shape index (κ2) is 7.96. The molecular formula is C16H26BrN. The van der Waals surface area contributed by atoms with Crippen molar-refractivity contribution in [2.75, 3.05) is 0 Å². The van der Waals surface area contributed by atoms with Crippen LogP contribution in [0.1, 0.15) is 58.6 Å². The van der Waals surface area contributed by atoms with Crippen LogP contribution in [0.2, 0.25) is 0 Å². The summed E-state index contributed by atoms with van der Waals surface area (Å²) in [6.45, 7) is 9.11. The van der Waals surface area contributed by atoms with Crippen LogP contribution in [0.4, 0.5) is 0 Å². The molecule has 1 aromatic rings. The summed E-state index contributed by atoms with van der Waals surface area (Å²) in [5.74, 6) is 0.820. The predicted octanol–water partition coefficient (Wildman–Crippen LogP) is 5.31. The molecule has 102 valence electrons. The Morgan fingerprint density at radius 1 is 1.00 bits per heavy atom. The minimum Gasteiger partial charge on any atom is -0.308 e. The number of hydrogen-bond acceptors (Lipinski definition) is 1. The maximum Gasteiger partial charge on any atom is 0.0294 e. The SMILES string of the molecule is CC(C)CCCC(C)NC(C)c1ccc(Br)cc1. The maximum absolute atomic E-state index is 3.67.